The number of rotatable bonds is 7. The Morgan fingerprint density at radius 1 is 1.26 bits per heavy atom. The molecule has 0 spiro atoms. The fraction of sp³-hybridized carbons (Fsp3) is 0.529. The summed E-state index contributed by atoms with van der Waals surface area (Å²) in [5, 5.41) is 3.33. The van der Waals surface area contributed by atoms with Crippen LogP contribution in [-0.2, 0) is 6.54 Å². The standard InChI is InChI=1S/C17H25NO/c1-6-17(4,5)18-13-15-7-9-16(10-8-15)19-12-11-14(2)3/h1,7-10,14,18H,11-13H2,2-5H3. The summed E-state index contributed by atoms with van der Waals surface area (Å²) in [5.74, 6) is 4.33. The monoisotopic (exact) mass is 259 g/mol. The van der Waals surface area contributed by atoms with Crippen molar-refractivity contribution < 1.29 is 4.74 Å². The lowest BCUT2D eigenvalue weighted by Crippen LogP contribution is -2.36. The van der Waals surface area contributed by atoms with Crippen LogP contribution < -0.4 is 10.1 Å². The minimum Gasteiger partial charge on any atom is -0.494 e. The topological polar surface area (TPSA) is 21.3 Å². The van der Waals surface area contributed by atoms with E-state index >= 15 is 0 Å². The molecule has 0 aliphatic carbocycles. The molecule has 0 unspecified atom stereocenters. The van der Waals surface area contributed by atoms with Gasteiger partial charge in [-0.25, -0.2) is 0 Å². The average Bonchev–Trinajstić information content (AvgIpc) is 2.37. The third-order valence-corrected chi connectivity index (χ3v) is 2.98. The molecule has 0 fully saturated rings. The van der Waals surface area contributed by atoms with Crippen molar-refractivity contribution in [3.05, 3.63) is 29.8 Å². The molecule has 0 aromatic heterocycles. The van der Waals surface area contributed by atoms with Crippen molar-refractivity contribution in [2.24, 2.45) is 5.92 Å². The van der Waals surface area contributed by atoms with Gasteiger partial charge in [0.25, 0.3) is 0 Å². The van der Waals surface area contributed by atoms with Gasteiger partial charge < -0.3 is 4.74 Å². The molecular formula is C17H25NO. The number of terminal acetylenes is 1. The number of nitrogens with one attached hydrogen (secondary N) is 1. The maximum atomic E-state index is 5.69. The van der Waals surface area contributed by atoms with Gasteiger partial charge in [0, 0.05) is 6.54 Å². The summed E-state index contributed by atoms with van der Waals surface area (Å²) in [6, 6.07) is 8.18. The number of ether oxygens (including phenoxy) is 1. The predicted molar refractivity (Wildman–Crippen MR) is 81.1 cm³/mol. The first-order chi connectivity index (χ1) is 8.93. The molecule has 19 heavy (non-hydrogen) atoms. The van der Waals surface area contributed by atoms with Crippen LogP contribution in [-0.4, -0.2) is 12.1 Å². The van der Waals surface area contributed by atoms with Gasteiger partial charge in [-0.3, -0.25) is 5.32 Å². The van der Waals surface area contributed by atoms with Crippen molar-refractivity contribution in [3.63, 3.8) is 0 Å². The highest BCUT2D eigenvalue weighted by atomic mass is 16.5. The van der Waals surface area contributed by atoms with Crippen molar-refractivity contribution in [1.29, 1.82) is 0 Å². The molecule has 0 aliphatic heterocycles. The Balaban J connectivity index is 2.42. The number of benzene rings is 1. The van der Waals surface area contributed by atoms with E-state index in [2.05, 4.69) is 37.2 Å². The van der Waals surface area contributed by atoms with Gasteiger partial charge in [0.2, 0.25) is 0 Å². The summed E-state index contributed by atoms with van der Waals surface area (Å²) in [4.78, 5) is 0. The molecule has 2 nitrogen and oxygen atoms in total. The van der Waals surface area contributed by atoms with E-state index in [1.807, 2.05) is 26.0 Å². The Kier molecular flexibility index (Phi) is 5.92. The Morgan fingerprint density at radius 2 is 1.89 bits per heavy atom. The molecule has 1 rings (SSSR count). The van der Waals surface area contributed by atoms with Crippen LogP contribution in [0.15, 0.2) is 24.3 Å². The molecule has 0 heterocycles. The number of hydrogen-bond acceptors (Lipinski definition) is 2. The van der Waals surface area contributed by atoms with Gasteiger partial charge in [-0.15, -0.1) is 6.42 Å². The van der Waals surface area contributed by atoms with Gasteiger partial charge in [-0.2, -0.15) is 0 Å². The van der Waals surface area contributed by atoms with Crippen molar-refractivity contribution in [2.45, 2.75) is 46.2 Å². The van der Waals surface area contributed by atoms with E-state index in [-0.39, 0.29) is 5.54 Å². The van der Waals surface area contributed by atoms with Gasteiger partial charge in [0.05, 0.1) is 12.1 Å². The smallest absolute Gasteiger partial charge is 0.119 e. The van der Waals surface area contributed by atoms with E-state index in [1.165, 1.54) is 5.56 Å². The van der Waals surface area contributed by atoms with E-state index in [0.717, 1.165) is 25.3 Å². The van der Waals surface area contributed by atoms with Crippen LogP contribution in [0.4, 0.5) is 0 Å². The van der Waals surface area contributed by atoms with E-state index < -0.39 is 0 Å². The van der Waals surface area contributed by atoms with Crippen LogP contribution in [0.25, 0.3) is 0 Å². The van der Waals surface area contributed by atoms with E-state index in [4.69, 9.17) is 11.2 Å². The summed E-state index contributed by atoms with van der Waals surface area (Å²) in [6.07, 6.45) is 6.52. The summed E-state index contributed by atoms with van der Waals surface area (Å²) >= 11 is 0. The van der Waals surface area contributed by atoms with Crippen LogP contribution in [0.2, 0.25) is 0 Å². The van der Waals surface area contributed by atoms with Crippen LogP contribution in [0.3, 0.4) is 0 Å². The normalized spacial score (nSPS) is 11.4. The molecule has 1 aromatic carbocycles. The van der Waals surface area contributed by atoms with Crippen LogP contribution >= 0.6 is 0 Å². The molecule has 0 amide bonds. The zero-order valence-corrected chi connectivity index (χ0v) is 12.5. The Morgan fingerprint density at radius 3 is 2.42 bits per heavy atom. The van der Waals surface area contributed by atoms with Crippen molar-refractivity contribution in [2.75, 3.05) is 6.61 Å². The summed E-state index contributed by atoms with van der Waals surface area (Å²) in [7, 11) is 0. The lowest BCUT2D eigenvalue weighted by atomic mass is 10.1. The van der Waals surface area contributed by atoms with E-state index in [9.17, 15) is 0 Å². The minimum absolute atomic E-state index is 0.271. The summed E-state index contributed by atoms with van der Waals surface area (Å²) in [5.41, 5.74) is 0.937. The second kappa shape index (κ2) is 7.21. The van der Waals surface area contributed by atoms with E-state index in [0.29, 0.717) is 5.92 Å². The van der Waals surface area contributed by atoms with Crippen LogP contribution in [0.1, 0.15) is 39.7 Å². The third kappa shape index (κ3) is 6.31. The zero-order valence-electron chi connectivity index (χ0n) is 12.5. The molecule has 1 N–H and O–H groups in total. The van der Waals surface area contributed by atoms with Gasteiger partial charge in [-0.1, -0.05) is 31.9 Å². The quantitative estimate of drug-likeness (QED) is 0.755. The minimum atomic E-state index is -0.271. The van der Waals surface area contributed by atoms with Crippen molar-refractivity contribution in [1.82, 2.24) is 5.32 Å². The highest BCUT2D eigenvalue weighted by Gasteiger charge is 2.11. The maximum absolute atomic E-state index is 5.69. The SMILES string of the molecule is C#CC(C)(C)NCc1ccc(OCCC(C)C)cc1. The molecule has 1 aromatic rings. The largest absolute Gasteiger partial charge is 0.494 e. The Hall–Kier alpha value is -1.46. The van der Waals surface area contributed by atoms with Gasteiger partial charge in [-0.05, 0) is 43.9 Å². The molecule has 0 bridgehead atoms. The molecule has 0 radical (unpaired) electrons. The highest BCUT2D eigenvalue weighted by molar-refractivity contribution is 5.27. The van der Waals surface area contributed by atoms with Gasteiger partial charge in [0.1, 0.15) is 5.75 Å². The number of hydrogen-bond donors (Lipinski definition) is 1. The average molecular weight is 259 g/mol. The van der Waals surface area contributed by atoms with Gasteiger partial charge >= 0.3 is 0 Å². The fourth-order valence-corrected chi connectivity index (χ4v) is 1.49. The Labute approximate surface area is 117 Å². The zero-order chi connectivity index (χ0) is 14.3. The van der Waals surface area contributed by atoms with Gasteiger partial charge in [0.15, 0.2) is 0 Å². The lowest BCUT2D eigenvalue weighted by Gasteiger charge is -2.19. The predicted octanol–water partition coefficient (Wildman–Crippen LogP) is 3.61. The second-order valence-corrected chi connectivity index (χ2v) is 5.80. The maximum Gasteiger partial charge on any atom is 0.119 e. The summed E-state index contributed by atoms with van der Waals surface area (Å²) in [6.45, 7) is 9.94. The lowest BCUT2D eigenvalue weighted by molar-refractivity contribution is 0.289. The van der Waals surface area contributed by atoms with Crippen molar-refractivity contribution >= 4 is 0 Å². The fourth-order valence-electron chi connectivity index (χ4n) is 1.49. The van der Waals surface area contributed by atoms with E-state index in [1.54, 1.807) is 0 Å². The molecule has 104 valence electrons. The Bertz CT molecular complexity index is 412. The molecule has 0 saturated carbocycles. The molecule has 2 heteroatoms. The second-order valence-electron chi connectivity index (χ2n) is 5.80. The van der Waals surface area contributed by atoms with Crippen LogP contribution in [0.5, 0.6) is 5.75 Å². The first kappa shape index (κ1) is 15.6. The highest BCUT2D eigenvalue weighted by Crippen LogP contribution is 2.14. The third-order valence-electron chi connectivity index (χ3n) is 2.98. The molecular weight excluding hydrogens is 234 g/mol. The molecule has 0 atom stereocenters. The first-order valence-electron chi connectivity index (χ1n) is 6.87. The summed E-state index contributed by atoms with van der Waals surface area (Å²) < 4.78 is 5.69. The molecule has 0 aliphatic rings. The van der Waals surface area contributed by atoms with Crippen molar-refractivity contribution in [3.8, 4) is 18.1 Å². The first-order valence-corrected chi connectivity index (χ1v) is 6.87. The molecule has 0 saturated heterocycles. The van der Waals surface area contributed by atoms with Crippen LogP contribution in [0, 0.1) is 18.3 Å².